The summed E-state index contributed by atoms with van der Waals surface area (Å²) in [5, 5.41) is 0. The van der Waals surface area contributed by atoms with Crippen molar-refractivity contribution in [3.8, 4) is 0 Å². The van der Waals surface area contributed by atoms with Crippen LogP contribution in [0.25, 0.3) is 0 Å². The zero-order valence-electron chi connectivity index (χ0n) is 12.7. The van der Waals surface area contributed by atoms with E-state index in [0.717, 1.165) is 0 Å². The molecule has 0 aromatic rings. The zero-order chi connectivity index (χ0) is 13.0. The van der Waals surface area contributed by atoms with Crippen molar-refractivity contribution in [1.29, 1.82) is 0 Å². The van der Waals surface area contributed by atoms with Gasteiger partial charge in [-0.2, -0.15) is 6.92 Å². The van der Waals surface area contributed by atoms with Crippen LogP contribution >= 0.6 is 0 Å². The molecule has 0 N–H and O–H groups in total. The molecule has 2 aliphatic carbocycles. The van der Waals surface area contributed by atoms with E-state index in [1.807, 2.05) is 91.9 Å². The quantitative estimate of drug-likeness (QED) is 0.464. The number of rotatable bonds is 0. The molecule has 10 radical (unpaired) electrons. The first-order valence-electron chi connectivity index (χ1n) is 5.78. The Balaban J connectivity index is -0.000000194. The Morgan fingerprint density at radius 2 is 0.895 bits per heavy atom. The second-order valence-corrected chi connectivity index (χ2v) is 4.43. The van der Waals surface area contributed by atoms with Crippen LogP contribution in [-0.4, -0.2) is 11.8 Å². The monoisotopic (exact) mass is 333 g/mol. The zero-order valence-corrected chi connectivity index (χ0v) is 15.2. The van der Waals surface area contributed by atoms with Crippen LogP contribution in [0.15, 0.2) is 4.99 Å². The largest absolute Gasteiger partial charge is 4.00 e. The minimum Gasteiger partial charge on any atom is -0.499 e. The molecule has 0 unspecified atom stereocenters. The van der Waals surface area contributed by atoms with Gasteiger partial charge >= 0.3 is 26.2 Å². The average molecular weight is 335 g/mol. The van der Waals surface area contributed by atoms with Crippen molar-refractivity contribution in [2.45, 2.75) is 33.2 Å². The van der Waals surface area contributed by atoms with Crippen LogP contribution in [0.2, 0.25) is 0 Å². The van der Waals surface area contributed by atoms with E-state index >= 15 is 0 Å². The minimum absolute atomic E-state index is 0. The maximum absolute atomic E-state index is 4.01. The second kappa shape index (κ2) is 16.6. The third-order valence-electron chi connectivity index (χ3n) is 1.56. The van der Waals surface area contributed by atoms with Gasteiger partial charge in [-0.25, -0.2) is 0 Å². The summed E-state index contributed by atoms with van der Waals surface area (Å²) < 4.78 is 0. The first-order chi connectivity index (χ1) is 8.06. The predicted octanol–water partition coefficient (Wildman–Crippen LogP) is 4.24. The fourth-order valence-electron chi connectivity index (χ4n) is 0.977. The first-order valence-corrected chi connectivity index (χ1v) is 5.78. The topological polar surface area (TPSA) is 12.4 Å². The Morgan fingerprint density at radius 3 is 0.947 bits per heavy atom. The second-order valence-electron chi connectivity index (χ2n) is 4.43. The Kier molecular flexibility index (Phi) is 21.5. The fraction of sp³-hybridized carbons (Fsp3) is 0.294. The molecule has 2 heteroatoms. The van der Waals surface area contributed by atoms with Gasteiger partial charge in [-0.05, 0) is 85.0 Å². The molecule has 100 valence electrons. The summed E-state index contributed by atoms with van der Waals surface area (Å²) in [6.45, 7) is 7.95. The molecule has 0 aliphatic heterocycles. The summed E-state index contributed by atoms with van der Waals surface area (Å²) in [6.07, 6.45) is 22.7. The van der Waals surface area contributed by atoms with Crippen molar-refractivity contribution in [2.24, 2.45) is 4.99 Å². The third kappa shape index (κ3) is 24.0. The Bertz CT molecular complexity index is 149. The Hall–Kier alpha value is 0.553. The fourth-order valence-corrected chi connectivity index (χ4v) is 0.977. The Labute approximate surface area is 142 Å². The van der Waals surface area contributed by atoms with E-state index in [9.17, 15) is 0 Å². The molecular formula is C17H25NZr+2. The van der Waals surface area contributed by atoms with Gasteiger partial charge in [-0.15, -0.1) is 0 Å². The van der Waals surface area contributed by atoms with Gasteiger partial charge in [-0.1, -0.05) is 0 Å². The molecule has 2 fully saturated rings. The minimum atomic E-state index is 0. The standard InChI is InChI=1S/C6H12N.2C5H5.CH3.Zr/c1-5-7-6(2,3)4;2*1-2-4-5-3-1;;/h1-4H3;2*1-5H;1H3;/q-1;;;-1;+4. The Morgan fingerprint density at radius 1 is 0.684 bits per heavy atom. The molecule has 0 aromatic heterocycles. The molecule has 1 nitrogen and oxygen atoms in total. The van der Waals surface area contributed by atoms with Crippen molar-refractivity contribution in [3.63, 3.8) is 0 Å². The molecule has 0 heterocycles. The van der Waals surface area contributed by atoms with Gasteiger partial charge in [0.05, 0.1) is 0 Å². The van der Waals surface area contributed by atoms with Crippen LogP contribution in [0.5, 0.6) is 0 Å². The molecule has 0 amide bonds. The maximum Gasteiger partial charge on any atom is 4.00 e. The van der Waals surface area contributed by atoms with Crippen LogP contribution in [-0.2, 0) is 26.2 Å². The van der Waals surface area contributed by atoms with E-state index in [0.29, 0.717) is 0 Å². The van der Waals surface area contributed by atoms with Crippen LogP contribution < -0.4 is 0 Å². The summed E-state index contributed by atoms with van der Waals surface area (Å²) in [6, 6.07) is 0. The summed E-state index contributed by atoms with van der Waals surface area (Å²) in [4.78, 5) is 4.01. The summed E-state index contributed by atoms with van der Waals surface area (Å²) in [5.74, 6) is 0. The molecule has 2 rings (SSSR count). The van der Waals surface area contributed by atoms with Crippen LogP contribution in [0, 0.1) is 71.6 Å². The summed E-state index contributed by atoms with van der Waals surface area (Å²) in [5.41, 5.74) is 0.0642. The van der Waals surface area contributed by atoms with Crippen molar-refractivity contribution in [1.82, 2.24) is 0 Å². The van der Waals surface area contributed by atoms with Gasteiger partial charge in [0.1, 0.15) is 0 Å². The van der Waals surface area contributed by atoms with Gasteiger partial charge in [0.15, 0.2) is 0 Å². The van der Waals surface area contributed by atoms with E-state index in [1.165, 1.54) is 0 Å². The van der Waals surface area contributed by atoms with E-state index < -0.39 is 0 Å². The average Bonchev–Trinajstić information content (AvgIpc) is 2.96. The number of aliphatic imine (C=N–C) groups is 1. The van der Waals surface area contributed by atoms with Crippen molar-refractivity contribution in [2.75, 3.05) is 0 Å². The number of nitrogens with zero attached hydrogens (tertiary/aromatic N) is 1. The van der Waals surface area contributed by atoms with E-state index in [2.05, 4.69) is 11.2 Å². The van der Waals surface area contributed by atoms with Crippen LogP contribution in [0.3, 0.4) is 0 Å². The summed E-state index contributed by atoms with van der Waals surface area (Å²) >= 11 is 0. The molecule has 2 saturated carbocycles. The van der Waals surface area contributed by atoms with Gasteiger partial charge < -0.3 is 18.6 Å². The molecule has 0 atom stereocenters. The third-order valence-corrected chi connectivity index (χ3v) is 1.56. The molecule has 2 aliphatic rings. The van der Waals surface area contributed by atoms with Gasteiger partial charge in [0.2, 0.25) is 0 Å². The van der Waals surface area contributed by atoms with E-state index in [4.69, 9.17) is 0 Å². The van der Waals surface area contributed by atoms with Crippen molar-refractivity contribution >= 4 is 6.21 Å². The first kappa shape index (κ1) is 24.6. The molecule has 0 spiro atoms. The van der Waals surface area contributed by atoms with Crippen molar-refractivity contribution < 1.29 is 26.2 Å². The number of hydrogen-bond acceptors (Lipinski definition) is 1. The van der Waals surface area contributed by atoms with Gasteiger partial charge in [0, 0.05) is 5.54 Å². The molecule has 0 saturated heterocycles. The van der Waals surface area contributed by atoms with Gasteiger partial charge in [0.25, 0.3) is 0 Å². The van der Waals surface area contributed by atoms with Crippen LogP contribution in [0.1, 0.15) is 27.7 Å². The smallest absolute Gasteiger partial charge is 0.499 e. The van der Waals surface area contributed by atoms with Crippen LogP contribution in [0.4, 0.5) is 0 Å². The van der Waals surface area contributed by atoms with E-state index in [-0.39, 0.29) is 39.2 Å². The molecule has 19 heavy (non-hydrogen) atoms. The molecular weight excluding hydrogens is 309 g/mol. The normalized spacial score (nSPS) is 17.5. The van der Waals surface area contributed by atoms with Crippen molar-refractivity contribution in [3.05, 3.63) is 71.6 Å². The predicted molar refractivity (Wildman–Crippen MR) is 82.3 cm³/mol. The molecule has 0 aromatic carbocycles. The maximum atomic E-state index is 4.01. The number of hydrogen-bond donors (Lipinski definition) is 0. The summed E-state index contributed by atoms with van der Waals surface area (Å²) in [7, 11) is 0. The van der Waals surface area contributed by atoms with E-state index in [1.54, 1.807) is 0 Å². The van der Waals surface area contributed by atoms with Gasteiger partial charge in [-0.3, -0.25) is 0 Å². The SMILES string of the molecule is C[C-]=NC(C)(C)C.[CH3-].[CH]1[CH][CH][CH][CH]1.[CH]1[CH][CH][CH][CH]1.[Zr+4]. The molecule has 0 bridgehead atoms.